The molecule has 0 heterocycles. The van der Waals surface area contributed by atoms with Crippen LogP contribution in [-0.2, 0) is 4.79 Å². The average Bonchev–Trinajstić information content (AvgIpc) is 1.94. The lowest BCUT2D eigenvalue weighted by molar-refractivity contribution is -0.127. The Hall–Kier alpha value is -0.570. The molecule has 3 heteroatoms. The summed E-state index contributed by atoms with van der Waals surface area (Å²) in [4.78, 5) is 11.3. The fourth-order valence-corrected chi connectivity index (χ4v) is 1.42. The topological polar surface area (TPSA) is 49.3 Å². The Morgan fingerprint density at radius 3 is 2.77 bits per heavy atom. The van der Waals surface area contributed by atoms with Crippen molar-refractivity contribution in [3.63, 3.8) is 0 Å². The number of amides is 1. The molecule has 1 amide bonds. The van der Waals surface area contributed by atoms with E-state index in [1.807, 2.05) is 0 Å². The molecule has 1 rings (SSSR count). The maximum absolute atomic E-state index is 11.3. The van der Waals surface area contributed by atoms with Crippen molar-refractivity contribution in [3.05, 3.63) is 0 Å². The van der Waals surface area contributed by atoms with Crippen molar-refractivity contribution in [1.82, 2.24) is 5.32 Å². The van der Waals surface area contributed by atoms with E-state index in [9.17, 15) is 4.79 Å². The fourth-order valence-electron chi connectivity index (χ4n) is 1.42. The molecule has 1 saturated carbocycles. The molecule has 2 N–H and O–H groups in total. The lowest BCUT2D eigenvalue weighted by atomic mass is 9.85. The molecular formula is C10H19NO2. The molecule has 1 unspecified atom stereocenters. The molecule has 0 saturated heterocycles. The Labute approximate surface area is 79.5 Å². The second-order valence-corrected chi connectivity index (χ2v) is 3.91. The van der Waals surface area contributed by atoms with E-state index in [0.717, 1.165) is 25.7 Å². The largest absolute Gasteiger partial charge is 0.393 e. The number of carbonyl (C=O) groups is 1. The van der Waals surface area contributed by atoms with E-state index in [0.29, 0.717) is 6.54 Å². The number of aliphatic hydroxyl groups excluding tert-OH is 1. The van der Waals surface area contributed by atoms with Gasteiger partial charge in [0.2, 0.25) is 5.91 Å². The van der Waals surface area contributed by atoms with Crippen molar-refractivity contribution in [3.8, 4) is 0 Å². The molecule has 13 heavy (non-hydrogen) atoms. The highest BCUT2D eigenvalue weighted by molar-refractivity contribution is 5.79. The summed E-state index contributed by atoms with van der Waals surface area (Å²) in [6.07, 6.45) is 4.71. The number of aliphatic hydroxyl groups is 1. The van der Waals surface area contributed by atoms with E-state index in [1.165, 1.54) is 6.42 Å². The van der Waals surface area contributed by atoms with Crippen molar-refractivity contribution in [2.75, 3.05) is 6.54 Å². The van der Waals surface area contributed by atoms with Gasteiger partial charge in [0.1, 0.15) is 0 Å². The summed E-state index contributed by atoms with van der Waals surface area (Å²) in [7, 11) is 0. The third-order valence-electron chi connectivity index (χ3n) is 2.57. The predicted octanol–water partition coefficient (Wildman–Crippen LogP) is 1.06. The molecule has 1 aliphatic carbocycles. The van der Waals surface area contributed by atoms with Gasteiger partial charge >= 0.3 is 0 Å². The minimum atomic E-state index is -0.249. The summed E-state index contributed by atoms with van der Waals surface area (Å²) in [6, 6.07) is 0. The van der Waals surface area contributed by atoms with Gasteiger partial charge in [-0.3, -0.25) is 4.79 Å². The Bertz CT molecular complexity index is 164. The fraction of sp³-hybridized carbons (Fsp3) is 0.900. The van der Waals surface area contributed by atoms with Gasteiger partial charge in [-0.1, -0.05) is 6.42 Å². The van der Waals surface area contributed by atoms with Gasteiger partial charge in [0, 0.05) is 12.5 Å². The second kappa shape index (κ2) is 5.22. The van der Waals surface area contributed by atoms with Crippen LogP contribution in [0, 0.1) is 5.92 Å². The second-order valence-electron chi connectivity index (χ2n) is 3.91. The Kier molecular flexibility index (Phi) is 4.22. The number of rotatable bonds is 5. The monoisotopic (exact) mass is 185 g/mol. The van der Waals surface area contributed by atoms with Gasteiger partial charge in [0.15, 0.2) is 0 Å². The first kappa shape index (κ1) is 10.5. The van der Waals surface area contributed by atoms with Crippen LogP contribution in [0.1, 0.15) is 39.0 Å². The number of hydrogen-bond donors (Lipinski definition) is 2. The van der Waals surface area contributed by atoms with E-state index in [2.05, 4.69) is 5.32 Å². The van der Waals surface area contributed by atoms with Gasteiger partial charge < -0.3 is 10.4 Å². The zero-order valence-corrected chi connectivity index (χ0v) is 8.25. The van der Waals surface area contributed by atoms with Crippen molar-refractivity contribution < 1.29 is 9.90 Å². The molecule has 0 spiro atoms. The number of nitrogens with one attached hydrogen (secondary N) is 1. The van der Waals surface area contributed by atoms with Gasteiger partial charge in [0.25, 0.3) is 0 Å². The van der Waals surface area contributed by atoms with Crippen LogP contribution in [0.5, 0.6) is 0 Å². The third kappa shape index (κ3) is 3.77. The Morgan fingerprint density at radius 1 is 1.62 bits per heavy atom. The van der Waals surface area contributed by atoms with Gasteiger partial charge in [-0.15, -0.1) is 0 Å². The maximum Gasteiger partial charge on any atom is 0.223 e. The molecule has 0 bridgehead atoms. The standard InChI is InChI=1S/C10H19NO2/c1-8(12)4-3-7-11-10(13)9-5-2-6-9/h8-9,12H,2-7H2,1H3,(H,11,13). The lowest BCUT2D eigenvalue weighted by Crippen LogP contribution is -2.35. The highest BCUT2D eigenvalue weighted by Crippen LogP contribution is 2.25. The first-order valence-corrected chi connectivity index (χ1v) is 5.16. The molecular weight excluding hydrogens is 166 g/mol. The van der Waals surface area contributed by atoms with Crippen LogP contribution in [0.2, 0.25) is 0 Å². The molecule has 1 atom stereocenters. The van der Waals surface area contributed by atoms with Gasteiger partial charge in [-0.2, -0.15) is 0 Å². The summed E-state index contributed by atoms with van der Waals surface area (Å²) in [5, 5.41) is 11.9. The summed E-state index contributed by atoms with van der Waals surface area (Å²) < 4.78 is 0. The number of hydrogen-bond acceptors (Lipinski definition) is 2. The van der Waals surface area contributed by atoms with Crippen molar-refractivity contribution in [2.45, 2.75) is 45.1 Å². The van der Waals surface area contributed by atoms with E-state index in [1.54, 1.807) is 6.92 Å². The molecule has 76 valence electrons. The van der Waals surface area contributed by atoms with Gasteiger partial charge in [0.05, 0.1) is 6.10 Å². The van der Waals surface area contributed by atoms with Crippen LogP contribution >= 0.6 is 0 Å². The third-order valence-corrected chi connectivity index (χ3v) is 2.57. The summed E-state index contributed by atoms with van der Waals surface area (Å²) in [5.41, 5.74) is 0. The molecule has 3 nitrogen and oxygen atoms in total. The quantitative estimate of drug-likeness (QED) is 0.629. The zero-order valence-electron chi connectivity index (χ0n) is 8.25. The van der Waals surface area contributed by atoms with Gasteiger partial charge in [-0.25, -0.2) is 0 Å². The summed E-state index contributed by atoms with van der Waals surface area (Å²) in [6.45, 7) is 2.48. The highest BCUT2D eigenvalue weighted by Gasteiger charge is 2.24. The first-order chi connectivity index (χ1) is 6.20. The minimum absolute atomic E-state index is 0.205. The first-order valence-electron chi connectivity index (χ1n) is 5.16. The van der Waals surface area contributed by atoms with E-state index >= 15 is 0 Å². The summed E-state index contributed by atoms with van der Waals surface area (Å²) >= 11 is 0. The predicted molar refractivity (Wildman–Crippen MR) is 51.3 cm³/mol. The van der Waals surface area contributed by atoms with Crippen LogP contribution in [0.25, 0.3) is 0 Å². The molecule has 0 radical (unpaired) electrons. The Balaban J connectivity index is 1.95. The van der Waals surface area contributed by atoms with Crippen molar-refractivity contribution >= 4 is 5.91 Å². The van der Waals surface area contributed by atoms with Crippen LogP contribution in [-0.4, -0.2) is 23.7 Å². The molecule has 1 aliphatic rings. The molecule has 0 aliphatic heterocycles. The SMILES string of the molecule is CC(O)CCCNC(=O)C1CCC1. The molecule has 0 aromatic carbocycles. The maximum atomic E-state index is 11.3. The van der Waals surface area contributed by atoms with E-state index in [-0.39, 0.29) is 17.9 Å². The van der Waals surface area contributed by atoms with Crippen LogP contribution in [0.3, 0.4) is 0 Å². The molecule has 0 aromatic heterocycles. The van der Waals surface area contributed by atoms with Crippen LogP contribution in [0.15, 0.2) is 0 Å². The smallest absolute Gasteiger partial charge is 0.223 e. The highest BCUT2D eigenvalue weighted by atomic mass is 16.3. The van der Waals surface area contributed by atoms with Crippen molar-refractivity contribution in [2.24, 2.45) is 5.92 Å². The molecule has 0 aromatic rings. The molecule has 1 fully saturated rings. The minimum Gasteiger partial charge on any atom is -0.393 e. The average molecular weight is 185 g/mol. The zero-order chi connectivity index (χ0) is 9.68. The Morgan fingerprint density at radius 2 is 2.31 bits per heavy atom. The van der Waals surface area contributed by atoms with Crippen LogP contribution in [0.4, 0.5) is 0 Å². The van der Waals surface area contributed by atoms with Crippen LogP contribution < -0.4 is 5.32 Å². The van der Waals surface area contributed by atoms with E-state index < -0.39 is 0 Å². The lowest BCUT2D eigenvalue weighted by Gasteiger charge is -2.24. The number of carbonyl (C=O) groups excluding carboxylic acids is 1. The normalized spacial score (nSPS) is 19.2. The van der Waals surface area contributed by atoms with Gasteiger partial charge in [-0.05, 0) is 32.6 Å². The van der Waals surface area contributed by atoms with E-state index in [4.69, 9.17) is 5.11 Å². The van der Waals surface area contributed by atoms with Crippen molar-refractivity contribution in [1.29, 1.82) is 0 Å². The summed E-state index contributed by atoms with van der Waals surface area (Å²) in [5.74, 6) is 0.489.